The fraction of sp³-hybridized carbons (Fsp3) is 0.485. The summed E-state index contributed by atoms with van der Waals surface area (Å²) < 4.78 is 92.8. The van der Waals surface area contributed by atoms with Crippen molar-refractivity contribution in [2.24, 2.45) is 0 Å². The Morgan fingerprint density at radius 3 is 2.15 bits per heavy atom. The summed E-state index contributed by atoms with van der Waals surface area (Å²) in [4.78, 5) is 25.9. The maximum Gasteiger partial charge on any atom is 0.416 e. The predicted octanol–water partition coefficient (Wildman–Crippen LogP) is 8.53. The van der Waals surface area contributed by atoms with Crippen LogP contribution in [0.4, 0.5) is 37.1 Å². The van der Waals surface area contributed by atoms with Crippen molar-refractivity contribution in [3.05, 3.63) is 70.5 Å². The zero-order valence-corrected chi connectivity index (χ0v) is 25.4. The van der Waals surface area contributed by atoms with E-state index < -0.39 is 47.3 Å². The molecule has 3 heterocycles. The van der Waals surface area contributed by atoms with Crippen molar-refractivity contribution in [2.75, 3.05) is 25.1 Å². The van der Waals surface area contributed by atoms with Gasteiger partial charge in [-0.2, -0.15) is 26.3 Å². The molecule has 2 aromatic carbocycles. The van der Waals surface area contributed by atoms with Gasteiger partial charge in [-0.3, -0.25) is 4.90 Å². The van der Waals surface area contributed by atoms with Crippen LogP contribution in [0.5, 0.6) is 5.75 Å². The Balaban J connectivity index is 1.37. The van der Waals surface area contributed by atoms with Crippen LogP contribution < -0.4 is 9.64 Å². The summed E-state index contributed by atoms with van der Waals surface area (Å²) in [7, 11) is 1.56. The van der Waals surface area contributed by atoms with E-state index in [1.807, 2.05) is 11.0 Å². The van der Waals surface area contributed by atoms with E-state index in [9.17, 15) is 31.1 Å². The van der Waals surface area contributed by atoms with Crippen LogP contribution in [0.2, 0.25) is 0 Å². The number of anilines is 1. The van der Waals surface area contributed by atoms with Crippen molar-refractivity contribution in [1.29, 1.82) is 0 Å². The molecular formula is C33H34F6N4O3. The summed E-state index contributed by atoms with van der Waals surface area (Å²) in [6.07, 6.45) is -3.99. The minimum absolute atomic E-state index is 0.0576. The largest absolute Gasteiger partial charge is 0.496 e. The van der Waals surface area contributed by atoms with Crippen LogP contribution in [0.25, 0.3) is 11.1 Å². The molecule has 246 valence electrons. The van der Waals surface area contributed by atoms with E-state index in [2.05, 4.69) is 17.1 Å². The fourth-order valence-corrected chi connectivity index (χ4v) is 6.51. The van der Waals surface area contributed by atoms with Crippen molar-refractivity contribution in [2.45, 2.75) is 82.4 Å². The SMILES string of the molecule is COc1ccc(C2CCCCC2)cc1-c1cnc(N2CCC2)nc1CN1C(=O)OC(c2cc(C(F)(F)F)cc(C(F)(F)F)c2)[C@@H]1C. The number of amides is 1. The van der Waals surface area contributed by atoms with E-state index in [4.69, 9.17) is 14.5 Å². The average Bonchev–Trinajstić information content (AvgIpc) is 3.28. The number of hydrogen-bond donors (Lipinski definition) is 0. The molecule has 6 rings (SSSR count). The lowest BCUT2D eigenvalue weighted by Crippen LogP contribution is -2.39. The Morgan fingerprint density at radius 1 is 0.891 bits per heavy atom. The van der Waals surface area contributed by atoms with Crippen LogP contribution in [0.1, 0.15) is 85.4 Å². The van der Waals surface area contributed by atoms with Crippen molar-refractivity contribution in [3.8, 4) is 16.9 Å². The third-order valence-electron chi connectivity index (χ3n) is 9.23. The number of ether oxygens (including phenoxy) is 2. The molecule has 0 radical (unpaired) electrons. The molecule has 3 aromatic rings. The lowest BCUT2D eigenvalue weighted by atomic mass is 9.83. The molecule has 46 heavy (non-hydrogen) atoms. The Morgan fingerprint density at radius 2 is 1.57 bits per heavy atom. The topological polar surface area (TPSA) is 67.8 Å². The van der Waals surface area contributed by atoms with Crippen LogP contribution in [-0.4, -0.2) is 47.2 Å². The highest BCUT2D eigenvalue weighted by Gasteiger charge is 2.44. The third kappa shape index (κ3) is 6.32. The van der Waals surface area contributed by atoms with Crippen LogP contribution in [0, 0.1) is 0 Å². The first-order valence-corrected chi connectivity index (χ1v) is 15.4. The highest BCUT2D eigenvalue weighted by molar-refractivity contribution is 5.75. The lowest BCUT2D eigenvalue weighted by molar-refractivity contribution is -0.143. The predicted molar refractivity (Wildman–Crippen MR) is 157 cm³/mol. The number of alkyl halides is 6. The molecule has 2 aliphatic heterocycles. The maximum absolute atomic E-state index is 13.6. The van der Waals surface area contributed by atoms with E-state index in [1.54, 1.807) is 13.3 Å². The monoisotopic (exact) mass is 648 g/mol. The molecule has 7 nitrogen and oxygen atoms in total. The van der Waals surface area contributed by atoms with Gasteiger partial charge in [-0.25, -0.2) is 14.8 Å². The van der Waals surface area contributed by atoms with Gasteiger partial charge in [0.15, 0.2) is 0 Å². The van der Waals surface area contributed by atoms with Gasteiger partial charge in [-0.15, -0.1) is 0 Å². The molecule has 0 N–H and O–H groups in total. The summed E-state index contributed by atoms with van der Waals surface area (Å²) in [5.74, 6) is 1.45. The number of aromatic nitrogens is 2. The number of rotatable bonds is 7. The Hall–Kier alpha value is -4.03. The molecule has 13 heteroatoms. The lowest BCUT2D eigenvalue weighted by Gasteiger charge is -2.31. The van der Waals surface area contributed by atoms with Gasteiger partial charge in [-0.1, -0.05) is 25.3 Å². The fourth-order valence-electron chi connectivity index (χ4n) is 6.51. The molecule has 2 atom stereocenters. The normalized spacial score (nSPS) is 20.9. The standard InChI is InChI=1S/C33H34F6N4O3/c1-19-29(22-13-23(32(34,35)36)16-24(14-22)33(37,38)39)46-31(44)43(19)18-27-26(17-40-30(41-27)42-11-6-12-42)25-15-21(9-10-28(25)45-2)20-7-4-3-5-8-20/h9-10,13-17,19-20,29H,3-8,11-12,18H2,1-2H3/t19-,29?/m0/s1. The maximum atomic E-state index is 13.6. The number of nitrogens with zero attached hydrogens (tertiary/aromatic N) is 4. The second kappa shape index (κ2) is 12.3. The molecule has 2 saturated heterocycles. The Kier molecular flexibility index (Phi) is 8.53. The van der Waals surface area contributed by atoms with Gasteiger partial charge in [0.25, 0.3) is 0 Å². The van der Waals surface area contributed by atoms with Gasteiger partial charge in [0.05, 0.1) is 36.5 Å². The summed E-state index contributed by atoms with van der Waals surface area (Å²) in [6, 6.07) is 6.38. The first-order chi connectivity index (χ1) is 21.8. The zero-order valence-electron chi connectivity index (χ0n) is 25.4. The quantitative estimate of drug-likeness (QED) is 0.239. The molecule has 3 aliphatic rings. The smallest absolute Gasteiger partial charge is 0.416 e. The molecule has 1 aromatic heterocycles. The van der Waals surface area contributed by atoms with Crippen molar-refractivity contribution in [1.82, 2.24) is 14.9 Å². The highest BCUT2D eigenvalue weighted by atomic mass is 19.4. The molecule has 3 fully saturated rings. The summed E-state index contributed by atoms with van der Waals surface area (Å²) in [5, 5.41) is 0. The minimum Gasteiger partial charge on any atom is -0.496 e. The molecular weight excluding hydrogens is 614 g/mol. The van der Waals surface area contributed by atoms with Crippen LogP contribution in [-0.2, 0) is 23.6 Å². The van der Waals surface area contributed by atoms with Gasteiger partial charge in [-0.05, 0) is 73.6 Å². The molecule has 1 aliphatic carbocycles. The first-order valence-electron chi connectivity index (χ1n) is 15.4. The Labute approximate surface area is 262 Å². The van der Waals surface area contributed by atoms with Crippen LogP contribution in [0.3, 0.4) is 0 Å². The molecule has 1 amide bonds. The number of cyclic esters (lactones) is 1. The van der Waals surface area contributed by atoms with E-state index >= 15 is 0 Å². The van der Waals surface area contributed by atoms with E-state index in [-0.39, 0.29) is 12.6 Å². The van der Waals surface area contributed by atoms with Crippen LogP contribution in [0.15, 0.2) is 42.6 Å². The highest BCUT2D eigenvalue weighted by Crippen LogP contribution is 2.43. The molecule has 0 bridgehead atoms. The van der Waals surface area contributed by atoms with Crippen molar-refractivity contribution >= 4 is 12.0 Å². The van der Waals surface area contributed by atoms with Crippen molar-refractivity contribution in [3.63, 3.8) is 0 Å². The second-order valence-electron chi connectivity index (χ2n) is 12.2. The number of carbonyl (C=O) groups excluding carboxylic acids is 1. The number of halogens is 6. The van der Waals surface area contributed by atoms with Gasteiger partial charge in [0, 0.05) is 30.4 Å². The van der Waals surface area contributed by atoms with Gasteiger partial charge in [0.2, 0.25) is 5.95 Å². The number of hydrogen-bond acceptors (Lipinski definition) is 6. The van der Waals surface area contributed by atoms with E-state index in [0.717, 1.165) is 56.3 Å². The van der Waals surface area contributed by atoms with E-state index in [0.29, 0.717) is 41.0 Å². The molecule has 1 unspecified atom stereocenters. The van der Waals surface area contributed by atoms with Crippen molar-refractivity contribution < 1.29 is 40.6 Å². The third-order valence-corrected chi connectivity index (χ3v) is 9.23. The summed E-state index contributed by atoms with van der Waals surface area (Å²) >= 11 is 0. The number of carbonyl (C=O) groups is 1. The van der Waals surface area contributed by atoms with Crippen LogP contribution >= 0.6 is 0 Å². The number of benzene rings is 2. The van der Waals surface area contributed by atoms with E-state index in [1.165, 1.54) is 18.2 Å². The summed E-state index contributed by atoms with van der Waals surface area (Å²) in [5.41, 5.74) is -0.368. The first kappa shape index (κ1) is 31.9. The zero-order chi connectivity index (χ0) is 32.8. The molecule has 0 spiro atoms. The minimum atomic E-state index is -5.03. The van der Waals surface area contributed by atoms with Gasteiger partial charge >= 0.3 is 18.4 Å². The molecule has 1 saturated carbocycles. The van der Waals surface area contributed by atoms with Gasteiger partial charge in [0.1, 0.15) is 11.9 Å². The average molecular weight is 649 g/mol. The second-order valence-corrected chi connectivity index (χ2v) is 12.2. The number of methoxy groups -OCH3 is 1. The summed E-state index contributed by atoms with van der Waals surface area (Å²) in [6.45, 7) is 2.95. The Bertz CT molecular complexity index is 1570. The van der Waals surface area contributed by atoms with Gasteiger partial charge < -0.3 is 14.4 Å².